The minimum atomic E-state index is -0.995. The molecule has 0 aromatic heterocycles. The summed E-state index contributed by atoms with van der Waals surface area (Å²) >= 11 is 0. The molecule has 110 valence electrons. The number of alkyl halides is 1. The number of halogens is 1. The second-order valence-electron chi connectivity index (χ2n) is 5.28. The van der Waals surface area contributed by atoms with Crippen molar-refractivity contribution < 1.29 is 14.3 Å². The van der Waals surface area contributed by atoms with Crippen LogP contribution in [0.1, 0.15) is 30.5 Å². The van der Waals surface area contributed by atoms with Crippen LogP contribution in [0.25, 0.3) is 0 Å². The first-order valence-corrected chi connectivity index (χ1v) is 7.00. The van der Waals surface area contributed by atoms with Crippen molar-refractivity contribution in [2.75, 3.05) is 19.6 Å². The van der Waals surface area contributed by atoms with Gasteiger partial charge in [-0.25, -0.2) is 9.18 Å². The van der Waals surface area contributed by atoms with Crippen molar-refractivity contribution in [3.8, 4) is 0 Å². The van der Waals surface area contributed by atoms with Crippen LogP contribution in [-0.4, -0.2) is 41.9 Å². The summed E-state index contributed by atoms with van der Waals surface area (Å²) in [6.07, 6.45) is -0.385. The van der Waals surface area contributed by atoms with Gasteiger partial charge < -0.3 is 10.4 Å². The van der Waals surface area contributed by atoms with E-state index in [0.717, 1.165) is 12.1 Å². The van der Waals surface area contributed by atoms with Crippen molar-refractivity contribution in [3.05, 3.63) is 35.4 Å². The van der Waals surface area contributed by atoms with Gasteiger partial charge in [-0.1, -0.05) is 24.3 Å². The highest BCUT2D eigenvalue weighted by atomic mass is 19.1. The Morgan fingerprint density at radius 3 is 2.75 bits per heavy atom. The van der Waals surface area contributed by atoms with Gasteiger partial charge in [-0.3, -0.25) is 4.90 Å². The van der Waals surface area contributed by atoms with Crippen LogP contribution >= 0.6 is 0 Å². The zero-order chi connectivity index (χ0) is 14.5. The van der Waals surface area contributed by atoms with Gasteiger partial charge in [0.25, 0.3) is 0 Å². The summed E-state index contributed by atoms with van der Waals surface area (Å²) in [4.78, 5) is 12.5. The standard InChI is InChI=1S/C15H21FN2O2/c1-11(18-9-7-14(16)10-18)13-4-2-12(3-5-13)6-8-17-15(19)20/h2-5,11,14,17H,6-10H2,1H3,(H,19,20)/t11?,14-/m0/s1. The van der Waals surface area contributed by atoms with E-state index in [-0.39, 0.29) is 6.04 Å². The summed E-state index contributed by atoms with van der Waals surface area (Å²) in [7, 11) is 0. The Morgan fingerprint density at radius 2 is 2.20 bits per heavy atom. The maximum absolute atomic E-state index is 13.2. The summed E-state index contributed by atoms with van der Waals surface area (Å²) in [5.74, 6) is 0. The van der Waals surface area contributed by atoms with Crippen molar-refractivity contribution in [1.82, 2.24) is 10.2 Å². The number of carbonyl (C=O) groups is 1. The molecule has 0 bridgehead atoms. The van der Waals surface area contributed by atoms with Gasteiger partial charge in [0.1, 0.15) is 6.17 Å². The number of nitrogens with one attached hydrogen (secondary N) is 1. The molecule has 5 heteroatoms. The van der Waals surface area contributed by atoms with Crippen LogP contribution in [0, 0.1) is 0 Å². The average molecular weight is 280 g/mol. The largest absolute Gasteiger partial charge is 0.465 e. The maximum atomic E-state index is 13.2. The van der Waals surface area contributed by atoms with E-state index in [2.05, 4.69) is 17.1 Å². The first-order chi connectivity index (χ1) is 9.56. The molecule has 0 radical (unpaired) electrons. The molecule has 2 N–H and O–H groups in total. The van der Waals surface area contributed by atoms with Crippen LogP contribution in [0.15, 0.2) is 24.3 Å². The second-order valence-corrected chi connectivity index (χ2v) is 5.28. The zero-order valence-electron chi connectivity index (χ0n) is 11.7. The molecule has 1 fully saturated rings. The van der Waals surface area contributed by atoms with Crippen LogP contribution in [-0.2, 0) is 6.42 Å². The van der Waals surface area contributed by atoms with Crippen molar-refractivity contribution in [2.24, 2.45) is 0 Å². The molecular formula is C15H21FN2O2. The van der Waals surface area contributed by atoms with E-state index in [9.17, 15) is 9.18 Å². The number of rotatable bonds is 5. The topological polar surface area (TPSA) is 52.6 Å². The molecule has 4 nitrogen and oxygen atoms in total. The molecule has 1 aromatic rings. The first kappa shape index (κ1) is 14.8. The molecule has 2 atom stereocenters. The lowest BCUT2D eigenvalue weighted by atomic mass is 10.0. The Morgan fingerprint density at radius 1 is 1.50 bits per heavy atom. The fraction of sp³-hybridized carbons (Fsp3) is 0.533. The monoisotopic (exact) mass is 280 g/mol. The molecule has 1 aromatic carbocycles. The van der Waals surface area contributed by atoms with Gasteiger partial charge in [0.2, 0.25) is 0 Å². The minimum absolute atomic E-state index is 0.224. The Kier molecular flexibility index (Phi) is 4.95. The van der Waals surface area contributed by atoms with Crippen LogP contribution in [0.2, 0.25) is 0 Å². The van der Waals surface area contributed by atoms with E-state index in [1.165, 1.54) is 5.56 Å². The molecule has 0 spiro atoms. The molecular weight excluding hydrogens is 259 g/mol. The molecule has 1 heterocycles. The number of hydrogen-bond acceptors (Lipinski definition) is 2. The predicted octanol–water partition coefficient (Wildman–Crippen LogP) is 2.60. The number of carboxylic acid groups (broad SMARTS) is 1. The predicted molar refractivity (Wildman–Crippen MR) is 75.7 cm³/mol. The molecule has 1 aliphatic heterocycles. The lowest BCUT2D eigenvalue weighted by Gasteiger charge is -2.24. The van der Waals surface area contributed by atoms with Crippen molar-refractivity contribution in [1.29, 1.82) is 0 Å². The van der Waals surface area contributed by atoms with Crippen LogP contribution in [0.4, 0.5) is 9.18 Å². The summed E-state index contributed by atoms with van der Waals surface area (Å²) in [6, 6.07) is 8.34. The SMILES string of the molecule is CC(c1ccc(CCNC(=O)O)cc1)N1CC[C@H](F)C1. The maximum Gasteiger partial charge on any atom is 0.404 e. The van der Waals surface area contributed by atoms with Crippen LogP contribution in [0.5, 0.6) is 0 Å². The third-order valence-corrected chi connectivity index (χ3v) is 3.86. The highest BCUT2D eigenvalue weighted by Gasteiger charge is 2.26. The van der Waals surface area contributed by atoms with Gasteiger partial charge in [0.05, 0.1) is 0 Å². The van der Waals surface area contributed by atoms with Gasteiger partial charge in [-0.2, -0.15) is 0 Å². The molecule has 0 aliphatic carbocycles. The lowest BCUT2D eigenvalue weighted by molar-refractivity contribution is 0.194. The molecule has 1 amide bonds. The van der Waals surface area contributed by atoms with Gasteiger partial charge in [-0.05, 0) is 30.9 Å². The Labute approximate surface area is 118 Å². The summed E-state index contributed by atoms with van der Waals surface area (Å²) in [5.41, 5.74) is 2.27. The first-order valence-electron chi connectivity index (χ1n) is 7.00. The third-order valence-electron chi connectivity index (χ3n) is 3.86. The number of hydrogen-bond donors (Lipinski definition) is 2. The van der Waals surface area contributed by atoms with E-state index in [1.807, 2.05) is 24.3 Å². The number of nitrogens with zero attached hydrogens (tertiary/aromatic N) is 1. The van der Waals surface area contributed by atoms with Crippen molar-refractivity contribution in [3.63, 3.8) is 0 Å². The van der Waals surface area contributed by atoms with Crippen molar-refractivity contribution >= 4 is 6.09 Å². The molecule has 20 heavy (non-hydrogen) atoms. The Hall–Kier alpha value is -1.62. The third kappa shape index (κ3) is 3.93. The zero-order valence-corrected chi connectivity index (χ0v) is 11.7. The quantitative estimate of drug-likeness (QED) is 0.871. The van der Waals surface area contributed by atoms with Gasteiger partial charge in [0.15, 0.2) is 0 Å². The number of amides is 1. The van der Waals surface area contributed by atoms with Crippen LogP contribution in [0.3, 0.4) is 0 Å². The summed E-state index contributed by atoms with van der Waals surface area (Å²) in [5, 5.41) is 10.9. The summed E-state index contributed by atoms with van der Waals surface area (Å²) in [6.45, 7) is 3.84. The van der Waals surface area contributed by atoms with E-state index in [1.54, 1.807) is 0 Å². The molecule has 0 saturated carbocycles. The van der Waals surface area contributed by atoms with E-state index < -0.39 is 12.3 Å². The average Bonchev–Trinajstić information content (AvgIpc) is 2.85. The molecule has 1 unspecified atom stereocenters. The molecule has 1 aliphatic rings. The number of benzene rings is 1. The van der Waals surface area contributed by atoms with Gasteiger partial charge in [0, 0.05) is 25.7 Å². The minimum Gasteiger partial charge on any atom is -0.465 e. The molecule has 2 rings (SSSR count). The Balaban J connectivity index is 1.89. The number of likely N-dealkylation sites (tertiary alicyclic amines) is 1. The smallest absolute Gasteiger partial charge is 0.404 e. The van der Waals surface area contributed by atoms with E-state index in [0.29, 0.717) is 25.9 Å². The molecule has 1 saturated heterocycles. The normalized spacial score (nSPS) is 20.8. The highest BCUT2D eigenvalue weighted by Crippen LogP contribution is 2.25. The fourth-order valence-corrected chi connectivity index (χ4v) is 2.58. The van der Waals surface area contributed by atoms with E-state index in [4.69, 9.17) is 5.11 Å². The van der Waals surface area contributed by atoms with E-state index >= 15 is 0 Å². The van der Waals surface area contributed by atoms with Gasteiger partial charge >= 0.3 is 6.09 Å². The highest BCUT2D eigenvalue weighted by molar-refractivity contribution is 5.64. The lowest BCUT2D eigenvalue weighted by Crippen LogP contribution is -2.25. The van der Waals surface area contributed by atoms with Crippen LogP contribution < -0.4 is 5.32 Å². The Bertz CT molecular complexity index is 450. The fourth-order valence-electron chi connectivity index (χ4n) is 2.58. The van der Waals surface area contributed by atoms with Crippen molar-refractivity contribution in [2.45, 2.75) is 32.0 Å². The second kappa shape index (κ2) is 6.70. The van der Waals surface area contributed by atoms with Gasteiger partial charge in [-0.15, -0.1) is 0 Å². The summed E-state index contributed by atoms with van der Waals surface area (Å²) < 4.78 is 13.2.